The Labute approximate surface area is 97.3 Å². The van der Waals surface area contributed by atoms with E-state index in [0.717, 1.165) is 32.4 Å². The van der Waals surface area contributed by atoms with E-state index in [9.17, 15) is 4.79 Å². The van der Waals surface area contributed by atoms with Gasteiger partial charge in [0.2, 0.25) is 0 Å². The lowest BCUT2D eigenvalue weighted by molar-refractivity contribution is -0.122. The average molecular weight is 217 g/mol. The van der Waals surface area contributed by atoms with Crippen LogP contribution >= 0.6 is 0 Å². The van der Waals surface area contributed by atoms with E-state index in [-0.39, 0.29) is 0 Å². The summed E-state index contributed by atoms with van der Waals surface area (Å²) in [6.45, 7) is 4.85. The summed E-state index contributed by atoms with van der Waals surface area (Å²) in [5.41, 5.74) is 2.67. The van der Waals surface area contributed by atoms with Gasteiger partial charge in [-0.25, -0.2) is 0 Å². The minimum Gasteiger partial charge on any atom is -0.298 e. The molecule has 2 rings (SSSR count). The lowest BCUT2D eigenvalue weighted by Crippen LogP contribution is -2.36. The van der Waals surface area contributed by atoms with Crippen LogP contribution in [0.4, 0.5) is 0 Å². The number of Topliss-reactive ketones (excluding diaryl/α,β-unsaturated/α-hetero) is 1. The summed E-state index contributed by atoms with van der Waals surface area (Å²) >= 11 is 0. The molecule has 1 saturated heterocycles. The van der Waals surface area contributed by atoms with Crippen LogP contribution in [0.2, 0.25) is 0 Å². The molecule has 1 aromatic rings. The largest absolute Gasteiger partial charge is 0.298 e. The van der Waals surface area contributed by atoms with Crippen LogP contribution in [0.5, 0.6) is 0 Å². The van der Waals surface area contributed by atoms with Crippen molar-refractivity contribution in [2.75, 3.05) is 19.6 Å². The van der Waals surface area contributed by atoms with E-state index in [1.807, 2.05) is 0 Å². The Hall–Kier alpha value is -1.15. The SMILES string of the molecule is Cc1ccc(CCN2CCCC(=O)C2)cc1. The topological polar surface area (TPSA) is 20.3 Å². The number of piperidine rings is 1. The number of hydrogen-bond donors (Lipinski definition) is 0. The molecule has 0 radical (unpaired) electrons. The fraction of sp³-hybridized carbons (Fsp3) is 0.500. The molecule has 0 unspecified atom stereocenters. The van der Waals surface area contributed by atoms with Gasteiger partial charge in [0.05, 0.1) is 6.54 Å². The van der Waals surface area contributed by atoms with Crippen molar-refractivity contribution >= 4 is 5.78 Å². The van der Waals surface area contributed by atoms with Crippen LogP contribution in [0.1, 0.15) is 24.0 Å². The molecule has 1 aliphatic heterocycles. The highest BCUT2D eigenvalue weighted by atomic mass is 16.1. The van der Waals surface area contributed by atoms with Gasteiger partial charge in [-0.2, -0.15) is 0 Å². The second kappa shape index (κ2) is 5.26. The predicted molar refractivity (Wildman–Crippen MR) is 65.6 cm³/mol. The maximum Gasteiger partial charge on any atom is 0.146 e. The molecule has 0 amide bonds. The van der Waals surface area contributed by atoms with Crippen molar-refractivity contribution in [2.45, 2.75) is 26.2 Å². The number of carbonyl (C=O) groups excluding carboxylic acids is 1. The molecule has 0 atom stereocenters. The Morgan fingerprint density at radius 1 is 1.25 bits per heavy atom. The number of rotatable bonds is 3. The first-order valence-corrected chi connectivity index (χ1v) is 6.03. The fourth-order valence-corrected chi connectivity index (χ4v) is 2.14. The standard InChI is InChI=1S/C14H19NO/c1-12-4-6-13(7-5-12)8-10-15-9-2-3-14(16)11-15/h4-7H,2-3,8-11H2,1H3. The second-order valence-electron chi connectivity index (χ2n) is 4.65. The molecule has 86 valence electrons. The van der Waals surface area contributed by atoms with Gasteiger partial charge in [-0.1, -0.05) is 29.8 Å². The second-order valence-corrected chi connectivity index (χ2v) is 4.65. The van der Waals surface area contributed by atoms with Crippen LogP contribution in [0, 0.1) is 6.92 Å². The number of nitrogens with zero attached hydrogens (tertiary/aromatic N) is 1. The Morgan fingerprint density at radius 2 is 2.00 bits per heavy atom. The van der Waals surface area contributed by atoms with Crippen LogP contribution in [0.3, 0.4) is 0 Å². The maximum absolute atomic E-state index is 11.3. The van der Waals surface area contributed by atoms with E-state index in [4.69, 9.17) is 0 Å². The molecular weight excluding hydrogens is 198 g/mol. The number of benzene rings is 1. The molecule has 16 heavy (non-hydrogen) atoms. The molecule has 0 aliphatic carbocycles. The fourth-order valence-electron chi connectivity index (χ4n) is 2.14. The van der Waals surface area contributed by atoms with Crippen LogP contribution in [-0.2, 0) is 11.2 Å². The van der Waals surface area contributed by atoms with Crippen LogP contribution in [0.15, 0.2) is 24.3 Å². The molecule has 2 heteroatoms. The van der Waals surface area contributed by atoms with Crippen molar-refractivity contribution in [3.63, 3.8) is 0 Å². The Bertz CT molecular complexity index is 356. The number of carbonyl (C=O) groups is 1. The van der Waals surface area contributed by atoms with Gasteiger partial charge in [0.15, 0.2) is 0 Å². The molecule has 0 aromatic heterocycles. The zero-order valence-corrected chi connectivity index (χ0v) is 9.91. The molecule has 0 N–H and O–H groups in total. The minimum atomic E-state index is 0.398. The summed E-state index contributed by atoms with van der Waals surface area (Å²) in [7, 11) is 0. The van der Waals surface area contributed by atoms with Gasteiger partial charge in [-0.05, 0) is 31.9 Å². The third-order valence-electron chi connectivity index (χ3n) is 3.17. The number of ketones is 1. The van der Waals surface area contributed by atoms with Crippen molar-refractivity contribution in [1.82, 2.24) is 4.90 Å². The lowest BCUT2D eigenvalue weighted by atomic mass is 10.1. The van der Waals surface area contributed by atoms with Gasteiger partial charge < -0.3 is 0 Å². The third-order valence-corrected chi connectivity index (χ3v) is 3.17. The van der Waals surface area contributed by atoms with E-state index < -0.39 is 0 Å². The Morgan fingerprint density at radius 3 is 2.69 bits per heavy atom. The summed E-state index contributed by atoms with van der Waals surface area (Å²) < 4.78 is 0. The minimum absolute atomic E-state index is 0.398. The molecule has 1 aliphatic rings. The normalized spacial score (nSPS) is 17.7. The Kier molecular flexibility index (Phi) is 3.73. The molecular formula is C14H19NO. The highest BCUT2D eigenvalue weighted by molar-refractivity contribution is 5.81. The van der Waals surface area contributed by atoms with E-state index in [1.165, 1.54) is 11.1 Å². The summed E-state index contributed by atoms with van der Waals surface area (Å²) in [5.74, 6) is 0.398. The first-order chi connectivity index (χ1) is 7.74. The van der Waals surface area contributed by atoms with E-state index >= 15 is 0 Å². The predicted octanol–water partition coefficient (Wildman–Crippen LogP) is 2.20. The third kappa shape index (κ3) is 3.17. The molecule has 0 bridgehead atoms. The Balaban J connectivity index is 1.82. The quantitative estimate of drug-likeness (QED) is 0.773. The molecule has 0 saturated carbocycles. The van der Waals surface area contributed by atoms with E-state index in [2.05, 4.69) is 36.1 Å². The summed E-state index contributed by atoms with van der Waals surface area (Å²) in [6, 6.07) is 8.66. The molecule has 1 aromatic carbocycles. The van der Waals surface area contributed by atoms with Crippen molar-refractivity contribution in [1.29, 1.82) is 0 Å². The van der Waals surface area contributed by atoms with Crippen LogP contribution in [0.25, 0.3) is 0 Å². The highest BCUT2D eigenvalue weighted by Gasteiger charge is 2.15. The van der Waals surface area contributed by atoms with Crippen molar-refractivity contribution in [3.8, 4) is 0 Å². The monoisotopic (exact) mass is 217 g/mol. The van der Waals surface area contributed by atoms with Crippen molar-refractivity contribution in [2.24, 2.45) is 0 Å². The summed E-state index contributed by atoms with van der Waals surface area (Å²) in [6.07, 6.45) is 2.86. The van der Waals surface area contributed by atoms with Gasteiger partial charge in [-0.15, -0.1) is 0 Å². The van der Waals surface area contributed by atoms with E-state index in [1.54, 1.807) is 0 Å². The number of aryl methyl sites for hydroxylation is 1. The summed E-state index contributed by atoms with van der Waals surface area (Å²) in [4.78, 5) is 13.6. The lowest BCUT2D eigenvalue weighted by Gasteiger charge is -2.25. The first kappa shape index (κ1) is 11.3. The van der Waals surface area contributed by atoms with Gasteiger partial charge >= 0.3 is 0 Å². The van der Waals surface area contributed by atoms with E-state index in [0.29, 0.717) is 12.3 Å². The average Bonchev–Trinajstić information content (AvgIpc) is 2.28. The zero-order valence-electron chi connectivity index (χ0n) is 9.91. The molecule has 0 spiro atoms. The van der Waals surface area contributed by atoms with Gasteiger partial charge in [0.25, 0.3) is 0 Å². The molecule has 2 nitrogen and oxygen atoms in total. The highest BCUT2D eigenvalue weighted by Crippen LogP contribution is 2.08. The molecule has 1 fully saturated rings. The number of hydrogen-bond acceptors (Lipinski definition) is 2. The van der Waals surface area contributed by atoms with Crippen molar-refractivity contribution in [3.05, 3.63) is 35.4 Å². The maximum atomic E-state index is 11.3. The van der Waals surface area contributed by atoms with Crippen LogP contribution < -0.4 is 0 Å². The smallest absolute Gasteiger partial charge is 0.146 e. The molecule has 1 heterocycles. The van der Waals surface area contributed by atoms with Gasteiger partial charge in [0.1, 0.15) is 5.78 Å². The first-order valence-electron chi connectivity index (χ1n) is 6.03. The summed E-state index contributed by atoms with van der Waals surface area (Å²) in [5, 5.41) is 0. The van der Waals surface area contributed by atoms with Gasteiger partial charge in [0, 0.05) is 13.0 Å². The van der Waals surface area contributed by atoms with Crippen LogP contribution in [-0.4, -0.2) is 30.3 Å². The van der Waals surface area contributed by atoms with Crippen molar-refractivity contribution < 1.29 is 4.79 Å². The van der Waals surface area contributed by atoms with Gasteiger partial charge in [-0.3, -0.25) is 9.69 Å². The number of likely N-dealkylation sites (tertiary alicyclic amines) is 1. The zero-order chi connectivity index (χ0) is 11.4.